The Kier molecular flexibility index (Phi) is 3.55. The SMILES string of the molecule is Cc1ccc(C)c(NC(=O)CC23CCCN2CCC3)c1. The Morgan fingerprint density at radius 1 is 1.25 bits per heavy atom. The Morgan fingerprint density at radius 2 is 1.95 bits per heavy atom. The minimum Gasteiger partial charge on any atom is -0.326 e. The van der Waals surface area contributed by atoms with E-state index >= 15 is 0 Å². The van der Waals surface area contributed by atoms with E-state index in [-0.39, 0.29) is 11.4 Å². The highest BCUT2D eigenvalue weighted by Crippen LogP contribution is 2.41. The van der Waals surface area contributed by atoms with Crippen LogP contribution in [-0.2, 0) is 4.79 Å². The summed E-state index contributed by atoms with van der Waals surface area (Å²) in [6.45, 7) is 6.46. The van der Waals surface area contributed by atoms with Crippen LogP contribution in [0.3, 0.4) is 0 Å². The van der Waals surface area contributed by atoms with Crippen LogP contribution in [0.5, 0.6) is 0 Å². The molecule has 2 aliphatic rings. The van der Waals surface area contributed by atoms with Gasteiger partial charge in [-0.2, -0.15) is 0 Å². The molecular formula is C17H24N2O. The second-order valence-electron chi connectivity index (χ2n) is 6.46. The van der Waals surface area contributed by atoms with Gasteiger partial charge in [-0.1, -0.05) is 12.1 Å². The van der Waals surface area contributed by atoms with Crippen molar-refractivity contribution in [2.75, 3.05) is 18.4 Å². The number of carbonyl (C=O) groups is 1. The molecule has 108 valence electrons. The van der Waals surface area contributed by atoms with Crippen molar-refractivity contribution >= 4 is 11.6 Å². The number of rotatable bonds is 3. The molecule has 1 amide bonds. The van der Waals surface area contributed by atoms with Crippen molar-refractivity contribution in [1.29, 1.82) is 0 Å². The van der Waals surface area contributed by atoms with Crippen LogP contribution in [0, 0.1) is 13.8 Å². The van der Waals surface area contributed by atoms with E-state index < -0.39 is 0 Å². The predicted molar refractivity (Wildman–Crippen MR) is 81.9 cm³/mol. The first-order chi connectivity index (χ1) is 9.59. The number of amides is 1. The highest BCUT2D eigenvalue weighted by Gasteiger charge is 2.45. The number of hydrogen-bond acceptors (Lipinski definition) is 2. The standard InChI is InChI=1S/C17H24N2O/c1-13-5-6-14(2)15(11-13)18-16(20)12-17-7-3-9-19(17)10-4-8-17/h5-6,11H,3-4,7-10,12H2,1-2H3,(H,18,20). The van der Waals surface area contributed by atoms with E-state index in [4.69, 9.17) is 0 Å². The lowest BCUT2D eigenvalue weighted by atomic mass is 9.90. The third-order valence-corrected chi connectivity index (χ3v) is 4.97. The molecule has 0 radical (unpaired) electrons. The molecule has 3 nitrogen and oxygen atoms in total. The molecule has 0 spiro atoms. The average molecular weight is 272 g/mol. The van der Waals surface area contributed by atoms with Gasteiger partial charge in [-0.25, -0.2) is 0 Å². The number of anilines is 1. The molecule has 2 fully saturated rings. The largest absolute Gasteiger partial charge is 0.326 e. The molecule has 2 saturated heterocycles. The van der Waals surface area contributed by atoms with Gasteiger partial charge in [0.25, 0.3) is 0 Å². The predicted octanol–water partition coefficient (Wildman–Crippen LogP) is 3.26. The summed E-state index contributed by atoms with van der Waals surface area (Å²) in [5, 5.41) is 3.12. The fraction of sp³-hybridized carbons (Fsp3) is 0.588. The van der Waals surface area contributed by atoms with Gasteiger partial charge in [0, 0.05) is 17.6 Å². The van der Waals surface area contributed by atoms with Crippen molar-refractivity contribution in [3.63, 3.8) is 0 Å². The Hall–Kier alpha value is -1.35. The number of aryl methyl sites for hydroxylation is 2. The summed E-state index contributed by atoms with van der Waals surface area (Å²) in [5.74, 6) is 0.174. The summed E-state index contributed by atoms with van der Waals surface area (Å²) in [5.41, 5.74) is 3.46. The van der Waals surface area contributed by atoms with Crippen molar-refractivity contribution in [3.8, 4) is 0 Å². The maximum absolute atomic E-state index is 12.4. The lowest BCUT2D eigenvalue weighted by molar-refractivity contribution is -0.118. The van der Waals surface area contributed by atoms with Crippen LogP contribution in [-0.4, -0.2) is 29.4 Å². The molecule has 2 heterocycles. The zero-order valence-corrected chi connectivity index (χ0v) is 12.5. The van der Waals surface area contributed by atoms with Crippen LogP contribution in [0.2, 0.25) is 0 Å². The molecule has 3 rings (SSSR count). The van der Waals surface area contributed by atoms with Gasteiger partial charge in [0.05, 0.1) is 0 Å². The van der Waals surface area contributed by atoms with E-state index in [0.717, 1.165) is 11.3 Å². The van der Waals surface area contributed by atoms with Crippen molar-refractivity contribution < 1.29 is 4.79 Å². The first-order valence-electron chi connectivity index (χ1n) is 7.71. The highest BCUT2D eigenvalue weighted by atomic mass is 16.1. The summed E-state index contributed by atoms with van der Waals surface area (Å²) < 4.78 is 0. The fourth-order valence-electron chi connectivity index (χ4n) is 3.88. The van der Waals surface area contributed by atoms with Crippen LogP contribution in [0.4, 0.5) is 5.69 Å². The lowest BCUT2D eigenvalue weighted by Gasteiger charge is -2.31. The van der Waals surface area contributed by atoms with E-state index in [9.17, 15) is 4.79 Å². The van der Waals surface area contributed by atoms with Gasteiger partial charge in [0.15, 0.2) is 0 Å². The number of nitrogens with one attached hydrogen (secondary N) is 1. The lowest BCUT2D eigenvalue weighted by Crippen LogP contribution is -2.41. The van der Waals surface area contributed by atoms with Gasteiger partial charge in [-0.3, -0.25) is 9.69 Å². The number of nitrogens with zero attached hydrogens (tertiary/aromatic N) is 1. The molecule has 2 aliphatic heterocycles. The molecule has 0 aromatic heterocycles. The molecule has 3 heteroatoms. The molecular weight excluding hydrogens is 248 g/mol. The summed E-state index contributed by atoms with van der Waals surface area (Å²) in [7, 11) is 0. The summed E-state index contributed by atoms with van der Waals surface area (Å²) in [4.78, 5) is 15.0. The third kappa shape index (κ3) is 2.47. The Balaban J connectivity index is 1.69. The second kappa shape index (κ2) is 5.21. The summed E-state index contributed by atoms with van der Waals surface area (Å²) >= 11 is 0. The van der Waals surface area contributed by atoms with Crippen molar-refractivity contribution in [3.05, 3.63) is 29.3 Å². The Labute approximate surface area is 121 Å². The topological polar surface area (TPSA) is 32.3 Å². The molecule has 0 bridgehead atoms. The first-order valence-corrected chi connectivity index (χ1v) is 7.71. The smallest absolute Gasteiger partial charge is 0.226 e. The Bertz CT molecular complexity index is 514. The average Bonchev–Trinajstić information content (AvgIpc) is 2.92. The molecule has 1 aromatic rings. The van der Waals surface area contributed by atoms with Crippen molar-refractivity contribution in [2.24, 2.45) is 0 Å². The molecule has 1 N–H and O–H groups in total. The molecule has 0 saturated carbocycles. The molecule has 0 aliphatic carbocycles. The third-order valence-electron chi connectivity index (χ3n) is 4.97. The zero-order valence-electron chi connectivity index (χ0n) is 12.5. The van der Waals surface area contributed by atoms with Crippen LogP contribution >= 0.6 is 0 Å². The second-order valence-corrected chi connectivity index (χ2v) is 6.46. The van der Waals surface area contributed by atoms with E-state index in [1.807, 2.05) is 6.92 Å². The monoisotopic (exact) mass is 272 g/mol. The fourth-order valence-corrected chi connectivity index (χ4v) is 3.88. The normalized spacial score (nSPS) is 20.9. The van der Waals surface area contributed by atoms with Crippen molar-refractivity contribution in [1.82, 2.24) is 4.90 Å². The maximum Gasteiger partial charge on any atom is 0.226 e. The van der Waals surface area contributed by atoms with Gasteiger partial charge >= 0.3 is 0 Å². The minimum absolute atomic E-state index is 0.168. The number of benzene rings is 1. The van der Waals surface area contributed by atoms with E-state index in [2.05, 4.69) is 35.3 Å². The highest BCUT2D eigenvalue weighted by molar-refractivity contribution is 5.92. The van der Waals surface area contributed by atoms with E-state index in [1.165, 1.54) is 44.3 Å². The number of hydrogen-bond donors (Lipinski definition) is 1. The quantitative estimate of drug-likeness (QED) is 0.916. The van der Waals surface area contributed by atoms with E-state index in [0.29, 0.717) is 6.42 Å². The van der Waals surface area contributed by atoms with Crippen molar-refractivity contribution in [2.45, 2.75) is 51.5 Å². The molecule has 0 unspecified atom stereocenters. The maximum atomic E-state index is 12.4. The summed E-state index contributed by atoms with van der Waals surface area (Å²) in [6.07, 6.45) is 5.52. The first kappa shape index (κ1) is 13.6. The van der Waals surface area contributed by atoms with Crippen LogP contribution < -0.4 is 5.32 Å². The Morgan fingerprint density at radius 3 is 2.65 bits per heavy atom. The van der Waals surface area contributed by atoms with E-state index in [1.54, 1.807) is 0 Å². The van der Waals surface area contributed by atoms with Gasteiger partial charge in [-0.05, 0) is 69.8 Å². The van der Waals surface area contributed by atoms with Crippen LogP contribution in [0.1, 0.15) is 43.2 Å². The van der Waals surface area contributed by atoms with Gasteiger partial charge < -0.3 is 5.32 Å². The number of fused-ring (bicyclic) bond motifs is 1. The van der Waals surface area contributed by atoms with Gasteiger partial charge in [0.1, 0.15) is 0 Å². The number of carbonyl (C=O) groups excluding carboxylic acids is 1. The zero-order chi connectivity index (χ0) is 14.2. The van der Waals surface area contributed by atoms with Crippen LogP contribution in [0.15, 0.2) is 18.2 Å². The molecule has 20 heavy (non-hydrogen) atoms. The molecule has 1 aromatic carbocycles. The minimum atomic E-state index is 0.168. The van der Waals surface area contributed by atoms with Gasteiger partial charge in [0.2, 0.25) is 5.91 Å². The van der Waals surface area contributed by atoms with Crippen LogP contribution in [0.25, 0.3) is 0 Å². The molecule has 0 atom stereocenters. The summed E-state index contributed by atoms with van der Waals surface area (Å²) in [6, 6.07) is 6.21. The van der Waals surface area contributed by atoms with Gasteiger partial charge in [-0.15, -0.1) is 0 Å².